The van der Waals surface area contributed by atoms with E-state index in [9.17, 15) is 18.0 Å². The first-order valence-electron chi connectivity index (χ1n) is 10.5. The zero-order chi connectivity index (χ0) is 24.8. The molecule has 0 atom stereocenters. The summed E-state index contributed by atoms with van der Waals surface area (Å²) in [6.07, 6.45) is 1.37. The summed E-state index contributed by atoms with van der Waals surface area (Å²) in [4.78, 5) is 19.3. The van der Waals surface area contributed by atoms with Crippen LogP contribution in [0.25, 0.3) is 0 Å². The minimum absolute atomic E-state index is 0.0386. The van der Waals surface area contributed by atoms with Crippen molar-refractivity contribution in [2.45, 2.75) is 19.0 Å². The summed E-state index contributed by atoms with van der Waals surface area (Å²) in [6, 6.07) is 12.2. The van der Waals surface area contributed by atoms with E-state index in [1.54, 1.807) is 24.5 Å². The van der Waals surface area contributed by atoms with Crippen LogP contribution in [0.1, 0.15) is 22.3 Å². The molecule has 2 heterocycles. The highest BCUT2D eigenvalue weighted by Crippen LogP contribution is 2.37. The van der Waals surface area contributed by atoms with Gasteiger partial charge < -0.3 is 10.1 Å². The maximum absolute atomic E-state index is 13.0. The molecule has 180 valence electrons. The van der Waals surface area contributed by atoms with E-state index in [1.807, 2.05) is 18.2 Å². The predicted octanol–water partition coefficient (Wildman–Crippen LogP) is 4.69. The van der Waals surface area contributed by atoms with Gasteiger partial charge in [0, 0.05) is 30.3 Å². The number of benzene rings is 2. The number of H-pyrrole nitrogens is 2. The fourth-order valence-corrected chi connectivity index (χ4v) is 3.51. The molecule has 0 aliphatic heterocycles. The standard InChI is InChI=1S/C24H19ClF3N5O2/c25-21-6-5-19(12-20(21)24(26,27)28)35-18-3-1-15(2-4-18)7-9-29-23-30-14-17(22(34)33-23)11-16-8-10-31-32-13-16/h1-6,8,10,12-14H,7,9,11H2,(H2,29,30,33,34)/p+1. The first-order chi connectivity index (χ1) is 16.8. The molecule has 4 aromatic rings. The van der Waals surface area contributed by atoms with E-state index in [1.165, 1.54) is 12.3 Å². The molecule has 0 radical (unpaired) electrons. The number of rotatable bonds is 8. The van der Waals surface area contributed by atoms with Crippen LogP contribution in [-0.4, -0.2) is 21.6 Å². The van der Waals surface area contributed by atoms with Crippen LogP contribution in [0.2, 0.25) is 5.02 Å². The zero-order valence-corrected chi connectivity index (χ0v) is 19.0. The van der Waals surface area contributed by atoms with Crippen molar-refractivity contribution in [1.29, 1.82) is 0 Å². The van der Waals surface area contributed by atoms with Crippen LogP contribution >= 0.6 is 11.6 Å². The van der Waals surface area contributed by atoms with E-state index in [2.05, 4.69) is 25.5 Å². The smallest absolute Gasteiger partial charge is 0.417 e. The third-order valence-electron chi connectivity index (χ3n) is 5.06. The Kier molecular flexibility index (Phi) is 7.31. The lowest BCUT2D eigenvalue weighted by Gasteiger charge is -2.12. The molecular weight excluding hydrogens is 483 g/mol. The summed E-state index contributed by atoms with van der Waals surface area (Å²) in [5.41, 5.74) is 1.24. The minimum atomic E-state index is -4.56. The Morgan fingerprint density at radius 3 is 2.51 bits per heavy atom. The van der Waals surface area contributed by atoms with Crippen LogP contribution < -0.4 is 20.7 Å². The van der Waals surface area contributed by atoms with Gasteiger partial charge in [0.05, 0.1) is 16.8 Å². The Morgan fingerprint density at radius 1 is 1.06 bits per heavy atom. The number of hydrogen-bond donors (Lipinski definition) is 2. The van der Waals surface area contributed by atoms with E-state index in [-0.39, 0.29) is 16.3 Å². The highest BCUT2D eigenvalue weighted by Gasteiger charge is 2.33. The van der Waals surface area contributed by atoms with Gasteiger partial charge in [0.25, 0.3) is 5.56 Å². The van der Waals surface area contributed by atoms with Crippen molar-refractivity contribution in [3.05, 3.63) is 105 Å². The van der Waals surface area contributed by atoms with Crippen molar-refractivity contribution < 1.29 is 23.0 Å². The number of anilines is 1. The first-order valence-corrected chi connectivity index (χ1v) is 10.9. The van der Waals surface area contributed by atoms with Crippen molar-refractivity contribution in [2.75, 3.05) is 11.9 Å². The molecule has 0 saturated carbocycles. The van der Waals surface area contributed by atoms with Gasteiger partial charge in [-0.2, -0.15) is 13.2 Å². The van der Waals surface area contributed by atoms with Gasteiger partial charge in [-0.25, -0.2) is 4.98 Å². The molecule has 0 aliphatic rings. The summed E-state index contributed by atoms with van der Waals surface area (Å²) < 4.78 is 44.6. The Labute approximate surface area is 203 Å². The van der Waals surface area contributed by atoms with Gasteiger partial charge in [-0.05, 0) is 53.5 Å². The lowest BCUT2D eigenvalue weighted by molar-refractivity contribution is -0.455. The Balaban J connectivity index is 1.30. The van der Waals surface area contributed by atoms with Crippen LogP contribution in [0.4, 0.5) is 19.1 Å². The summed E-state index contributed by atoms with van der Waals surface area (Å²) in [6.45, 7) is 0.508. The molecular formula is C24H20ClF3N5O2+. The normalized spacial score (nSPS) is 11.3. The number of aromatic nitrogens is 4. The number of halogens is 4. The first kappa shape index (κ1) is 24.2. The average molecular weight is 503 g/mol. The SMILES string of the molecule is O=c1[nH]c(NCCc2ccc(Oc3ccc(Cl)c(C(F)(F)F)c3)cc2)ncc1Cc1ccn[nH+]c1. The second-order valence-electron chi connectivity index (χ2n) is 7.62. The predicted molar refractivity (Wildman–Crippen MR) is 124 cm³/mol. The minimum Gasteiger partial charge on any atom is -0.457 e. The van der Waals surface area contributed by atoms with Crippen molar-refractivity contribution in [1.82, 2.24) is 15.1 Å². The number of ether oxygens (including phenoxy) is 1. The van der Waals surface area contributed by atoms with E-state index in [0.717, 1.165) is 23.3 Å². The second-order valence-corrected chi connectivity index (χ2v) is 8.03. The maximum atomic E-state index is 13.0. The molecule has 4 rings (SSSR count). The average Bonchev–Trinajstić information content (AvgIpc) is 2.83. The Morgan fingerprint density at radius 2 is 1.83 bits per heavy atom. The Bertz CT molecular complexity index is 1350. The lowest BCUT2D eigenvalue weighted by Crippen LogP contribution is -2.18. The molecule has 11 heteroatoms. The molecule has 0 amide bonds. The molecule has 2 aromatic carbocycles. The third kappa shape index (κ3) is 6.57. The largest absolute Gasteiger partial charge is 0.457 e. The van der Waals surface area contributed by atoms with Gasteiger partial charge in [0.2, 0.25) is 5.95 Å². The van der Waals surface area contributed by atoms with E-state index in [4.69, 9.17) is 16.3 Å². The van der Waals surface area contributed by atoms with E-state index >= 15 is 0 Å². The quantitative estimate of drug-likeness (QED) is 0.364. The molecule has 0 bridgehead atoms. The fourth-order valence-electron chi connectivity index (χ4n) is 3.28. The fraction of sp³-hybridized carbons (Fsp3) is 0.167. The second kappa shape index (κ2) is 10.6. The summed E-state index contributed by atoms with van der Waals surface area (Å²) in [7, 11) is 0. The van der Waals surface area contributed by atoms with Crippen LogP contribution in [-0.2, 0) is 19.0 Å². The van der Waals surface area contributed by atoms with Gasteiger partial charge in [-0.3, -0.25) is 9.78 Å². The number of nitrogens with one attached hydrogen (secondary N) is 3. The van der Waals surface area contributed by atoms with Gasteiger partial charge in [-0.15, -0.1) is 5.10 Å². The van der Waals surface area contributed by atoms with Crippen molar-refractivity contribution >= 4 is 17.5 Å². The van der Waals surface area contributed by atoms with Crippen molar-refractivity contribution in [2.24, 2.45) is 0 Å². The molecule has 0 aliphatic carbocycles. The van der Waals surface area contributed by atoms with Crippen molar-refractivity contribution in [3.8, 4) is 11.5 Å². The number of aromatic amines is 2. The summed E-state index contributed by atoms with van der Waals surface area (Å²) >= 11 is 5.64. The van der Waals surface area contributed by atoms with Crippen LogP contribution in [0.5, 0.6) is 11.5 Å². The summed E-state index contributed by atoms with van der Waals surface area (Å²) in [5.74, 6) is 0.797. The molecule has 0 unspecified atom stereocenters. The molecule has 35 heavy (non-hydrogen) atoms. The number of alkyl halides is 3. The van der Waals surface area contributed by atoms with E-state index in [0.29, 0.717) is 36.6 Å². The monoisotopic (exact) mass is 502 g/mol. The molecule has 7 nitrogen and oxygen atoms in total. The molecule has 3 N–H and O–H groups in total. The number of nitrogens with zero attached hydrogens (tertiary/aromatic N) is 2. The van der Waals surface area contributed by atoms with Gasteiger partial charge in [-0.1, -0.05) is 23.7 Å². The molecule has 0 saturated heterocycles. The highest BCUT2D eigenvalue weighted by molar-refractivity contribution is 6.31. The molecule has 0 fully saturated rings. The highest BCUT2D eigenvalue weighted by atomic mass is 35.5. The lowest BCUT2D eigenvalue weighted by atomic mass is 10.1. The van der Waals surface area contributed by atoms with Crippen LogP contribution in [0.3, 0.4) is 0 Å². The Hall–Kier alpha value is -3.92. The molecule has 0 spiro atoms. The zero-order valence-electron chi connectivity index (χ0n) is 18.2. The maximum Gasteiger partial charge on any atom is 0.417 e. The summed E-state index contributed by atoms with van der Waals surface area (Å²) in [5, 5.41) is 9.25. The topological polar surface area (TPSA) is 94.0 Å². The third-order valence-corrected chi connectivity index (χ3v) is 5.39. The van der Waals surface area contributed by atoms with Crippen LogP contribution in [0.15, 0.2) is 71.9 Å². The molecule has 2 aromatic heterocycles. The number of hydrogen-bond acceptors (Lipinski definition) is 5. The van der Waals surface area contributed by atoms with Crippen molar-refractivity contribution in [3.63, 3.8) is 0 Å². The van der Waals surface area contributed by atoms with Gasteiger partial charge >= 0.3 is 6.18 Å². The van der Waals surface area contributed by atoms with Gasteiger partial charge in [0.15, 0.2) is 6.20 Å². The van der Waals surface area contributed by atoms with E-state index < -0.39 is 11.7 Å². The van der Waals surface area contributed by atoms with Gasteiger partial charge in [0.1, 0.15) is 11.5 Å². The van der Waals surface area contributed by atoms with Crippen LogP contribution in [0, 0.1) is 0 Å².